The minimum absolute atomic E-state index is 0.0139. The number of aliphatic hydroxyl groups excluding tert-OH is 1. The minimum atomic E-state index is -0.0139. The molecule has 0 fully saturated rings. The lowest BCUT2D eigenvalue weighted by Gasteiger charge is -2.11. The molecule has 0 radical (unpaired) electrons. The summed E-state index contributed by atoms with van der Waals surface area (Å²) in [6.07, 6.45) is 0. The minimum Gasteiger partial charge on any atom is -0.439 e. The molecular weight excluding hydrogens is 254 g/mol. The average molecular weight is 273 g/mol. The number of aromatic nitrogens is 2. The number of aliphatic hydroxyl groups is 1. The topological polar surface area (TPSA) is 67.3 Å². The maximum atomic E-state index is 9.14. The number of rotatable bonds is 5. The van der Waals surface area contributed by atoms with E-state index in [2.05, 4.69) is 15.3 Å². The van der Waals surface area contributed by atoms with E-state index in [0.29, 0.717) is 11.6 Å². The number of ether oxygens (including phenoxy) is 1. The molecule has 0 spiro atoms. The first-order valence-corrected chi connectivity index (χ1v) is 6.56. The normalized spacial score (nSPS) is 10.7. The van der Waals surface area contributed by atoms with Crippen molar-refractivity contribution in [2.45, 2.75) is 26.4 Å². The van der Waals surface area contributed by atoms with E-state index in [0.717, 1.165) is 17.2 Å². The molecule has 1 heterocycles. The Balaban J connectivity index is 2.29. The van der Waals surface area contributed by atoms with Crippen LogP contribution in [0.25, 0.3) is 0 Å². The van der Waals surface area contributed by atoms with Gasteiger partial charge in [0, 0.05) is 19.0 Å². The molecule has 2 N–H and O–H groups in total. The Labute approximate surface area is 118 Å². The molecule has 0 bridgehead atoms. The summed E-state index contributed by atoms with van der Waals surface area (Å²) in [7, 11) is 1.81. The molecule has 5 heteroatoms. The zero-order chi connectivity index (χ0) is 14.5. The molecule has 0 atom stereocenters. The van der Waals surface area contributed by atoms with Gasteiger partial charge < -0.3 is 15.2 Å². The highest BCUT2D eigenvalue weighted by atomic mass is 16.5. The fraction of sp³-hybridized carbons (Fsp3) is 0.333. The van der Waals surface area contributed by atoms with E-state index in [1.165, 1.54) is 0 Å². The lowest BCUT2D eigenvalue weighted by Crippen LogP contribution is -2.03. The number of nitrogens with one attached hydrogen (secondary N) is 1. The third-order valence-electron chi connectivity index (χ3n) is 2.80. The summed E-state index contributed by atoms with van der Waals surface area (Å²) in [5.74, 6) is 2.80. The molecule has 106 valence electrons. The van der Waals surface area contributed by atoms with Crippen LogP contribution in [0.5, 0.6) is 11.6 Å². The Morgan fingerprint density at radius 2 is 2.05 bits per heavy atom. The van der Waals surface area contributed by atoms with Crippen LogP contribution in [-0.4, -0.2) is 22.1 Å². The number of hydrogen-bond donors (Lipinski definition) is 2. The third kappa shape index (κ3) is 3.45. The van der Waals surface area contributed by atoms with Crippen molar-refractivity contribution in [3.63, 3.8) is 0 Å². The van der Waals surface area contributed by atoms with E-state index in [-0.39, 0.29) is 12.5 Å². The van der Waals surface area contributed by atoms with E-state index < -0.39 is 0 Å². The molecule has 0 amide bonds. The van der Waals surface area contributed by atoms with Crippen LogP contribution in [0.4, 0.5) is 5.82 Å². The number of hydrogen-bond acceptors (Lipinski definition) is 5. The zero-order valence-corrected chi connectivity index (χ0v) is 11.9. The molecule has 20 heavy (non-hydrogen) atoms. The SMILES string of the molecule is CNc1cc(Oc2cccc(CO)c2)nc(C(C)C)n1. The van der Waals surface area contributed by atoms with Crippen molar-refractivity contribution in [2.24, 2.45) is 0 Å². The second-order valence-corrected chi connectivity index (χ2v) is 4.76. The van der Waals surface area contributed by atoms with Crippen LogP contribution in [-0.2, 0) is 6.61 Å². The van der Waals surface area contributed by atoms with Gasteiger partial charge in [-0.1, -0.05) is 26.0 Å². The van der Waals surface area contributed by atoms with Gasteiger partial charge in [-0.3, -0.25) is 0 Å². The van der Waals surface area contributed by atoms with E-state index >= 15 is 0 Å². The molecule has 0 aliphatic carbocycles. The Morgan fingerprint density at radius 3 is 2.70 bits per heavy atom. The summed E-state index contributed by atoms with van der Waals surface area (Å²) in [6, 6.07) is 9.04. The van der Waals surface area contributed by atoms with Crippen molar-refractivity contribution in [3.8, 4) is 11.6 Å². The van der Waals surface area contributed by atoms with Gasteiger partial charge >= 0.3 is 0 Å². The van der Waals surface area contributed by atoms with Crippen LogP contribution in [0.2, 0.25) is 0 Å². The molecule has 0 saturated carbocycles. The largest absolute Gasteiger partial charge is 0.439 e. The van der Waals surface area contributed by atoms with Gasteiger partial charge in [0.15, 0.2) is 0 Å². The Hall–Kier alpha value is -2.14. The number of benzene rings is 1. The van der Waals surface area contributed by atoms with E-state index in [1.54, 1.807) is 12.1 Å². The molecule has 2 aromatic rings. The molecule has 5 nitrogen and oxygen atoms in total. The van der Waals surface area contributed by atoms with Crippen molar-refractivity contribution in [1.29, 1.82) is 0 Å². The highest BCUT2D eigenvalue weighted by Crippen LogP contribution is 2.24. The summed E-state index contributed by atoms with van der Waals surface area (Å²) in [5, 5.41) is 12.1. The summed E-state index contributed by atoms with van der Waals surface area (Å²) in [6.45, 7) is 4.05. The molecule has 0 aliphatic heterocycles. The van der Waals surface area contributed by atoms with Crippen LogP contribution >= 0.6 is 0 Å². The summed E-state index contributed by atoms with van der Waals surface area (Å²) in [4.78, 5) is 8.78. The Morgan fingerprint density at radius 1 is 1.25 bits per heavy atom. The van der Waals surface area contributed by atoms with Crippen molar-refractivity contribution in [1.82, 2.24) is 9.97 Å². The zero-order valence-electron chi connectivity index (χ0n) is 11.9. The summed E-state index contributed by atoms with van der Waals surface area (Å²) >= 11 is 0. The molecule has 0 saturated heterocycles. The van der Waals surface area contributed by atoms with E-state index in [1.807, 2.05) is 39.1 Å². The fourth-order valence-electron chi connectivity index (χ4n) is 1.71. The predicted molar refractivity (Wildman–Crippen MR) is 78.1 cm³/mol. The molecule has 0 aliphatic rings. The van der Waals surface area contributed by atoms with Gasteiger partial charge in [-0.25, -0.2) is 4.98 Å². The van der Waals surface area contributed by atoms with Crippen LogP contribution in [0, 0.1) is 0 Å². The smallest absolute Gasteiger partial charge is 0.224 e. The summed E-state index contributed by atoms with van der Waals surface area (Å²) in [5.41, 5.74) is 0.800. The molecule has 2 rings (SSSR count). The molecule has 1 aromatic heterocycles. The average Bonchev–Trinajstić information content (AvgIpc) is 2.47. The summed E-state index contributed by atoms with van der Waals surface area (Å²) < 4.78 is 5.75. The van der Waals surface area contributed by atoms with Gasteiger partial charge in [0.2, 0.25) is 5.88 Å². The molecule has 0 unspecified atom stereocenters. The van der Waals surface area contributed by atoms with Crippen molar-refractivity contribution in [3.05, 3.63) is 41.7 Å². The van der Waals surface area contributed by atoms with Crippen molar-refractivity contribution < 1.29 is 9.84 Å². The number of nitrogens with zero attached hydrogens (tertiary/aromatic N) is 2. The lowest BCUT2D eigenvalue weighted by molar-refractivity contribution is 0.281. The second kappa shape index (κ2) is 6.34. The fourth-order valence-corrected chi connectivity index (χ4v) is 1.71. The van der Waals surface area contributed by atoms with Gasteiger partial charge in [0.1, 0.15) is 17.4 Å². The Kier molecular flexibility index (Phi) is 4.53. The quantitative estimate of drug-likeness (QED) is 0.876. The molecule has 1 aromatic carbocycles. The first-order valence-electron chi connectivity index (χ1n) is 6.56. The monoisotopic (exact) mass is 273 g/mol. The van der Waals surface area contributed by atoms with E-state index in [4.69, 9.17) is 9.84 Å². The number of anilines is 1. The second-order valence-electron chi connectivity index (χ2n) is 4.76. The first kappa shape index (κ1) is 14.3. The van der Waals surface area contributed by atoms with Crippen LogP contribution in [0.3, 0.4) is 0 Å². The first-order chi connectivity index (χ1) is 9.62. The van der Waals surface area contributed by atoms with Crippen LogP contribution in [0.15, 0.2) is 30.3 Å². The van der Waals surface area contributed by atoms with Gasteiger partial charge in [0.05, 0.1) is 6.61 Å². The van der Waals surface area contributed by atoms with Crippen LogP contribution in [0.1, 0.15) is 31.2 Å². The third-order valence-corrected chi connectivity index (χ3v) is 2.80. The highest BCUT2D eigenvalue weighted by Gasteiger charge is 2.09. The highest BCUT2D eigenvalue weighted by molar-refractivity contribution is 5.40. The molecular formula is C15H19N3O2. The predicted octanol–water partition coefficient (Wildman–Crippen LogP) is 2.93. The van der Waals surface area contributed by atoms with Crippen LogP contribution < -0.4 is 10.1 Å². The Bertz CT molecular complexity index is 585. The van der Waals surface area contributed by atoms with Crippen molar-refractivity contribution in [2.75, 3.05) is 12.4 Å². The lowest BCUT2D eigenvalue weighted by atomic mass is 10.2. The van der Waals surface area contributed by atoms with Gasteiger partial charge in [-0.15, -0.1) is 0 Å². The van der Waals surface area contributed by atoms with Gasteiger partial charge in [-0.05, 0) is 17.7 Å². The standard InChI is InChI=1S/C15H19N3O2/c1-10(2)15-17-13(16-3)8-14(18-15)20-12-6-4-5-11(7-12)9-19/h4-8,10,19H,9H2,1-3H3,(H,16,17,18). The van der Waals surface area contributed by atoms with Gasteiger partial charge in [-0.2, -0.15) is 4.98 Å². The maximum Gasteiger partial charge on any atom is 0.224 e. The maximum absolute atomic E-state index is 9.14. The van der Waals surface area contributed by atoms with Gasteiger partial charge in [0.25, 0.3) is 0 Å². The van der Waals surface area contributed by atoms with Crippen molar-refractivity contribution >= 4 is 5.82 Å². The van der Waals surface area contributed by atoms with E-state index in [9.17, 15) is 0 Å².